The summed E-state index contributed by atoms with van der Waals surface area (Å²) >= 11 is 0. The minimum absolute atomic E-state index is 0.0955. The normalized spacial score (nSPS) is 16.5. The lowest BCUT2D eigenvalue weighted by atomic mass is 10.2. The Morgan fingerprint density at radius 2 is 1.92 bits per heavy atom. The highest BCUT2D eigenvalue weighted by Gasteiger charge is 2.21. The highest BCUT2D eigenvalue weighted by Crippen LogP contribution is 2.38. The molecule has 26 heavy (non-hydrogen) atoms. The number of anilines is 3. The number of hydrogen-bond donors (Lipinski definition) is 2. The summed E-state index contributed by atoms with van der Waals surface area (Å²) in [6, 6.07) is 9.27. The Bertz CT molecular complexity index is 791. The number of piperazine rings is 1. The number of pyridine rings is 1. The largest absolute Gasteiger partial charge is 0.454 e. The highest BCUT2D eigenvalue weighted by molar-refractivity contribution is 5.95. The van der Waals surface area contributed by atoms with Gasteiger partial charge in [-0.1, -0.05) is 6.07 Å². The first-order valence-electron chi connectivity index (χ1n) is 8.56. The second kappa shape index (κ2) is 7.09. The van der Waals surface area contributed by atoms with Gasteiger partial charge in [-0.05, 0) is 12.1 Å². The van der Waals surface area contributed by atoms with Crippen LogP contribution in [0, 0.1) is 0 Å². The molecule has 4 rings (SSSR count). The molecule has 2 aromatic rings. The van der Waals surface area contributed by atoms with E-state index in [1.165, 1.54) is 0 Å². The quantitative estimate of drug-likeness (QED) is 0.795. The van der Waals surface area contributed by atoms with Crippen LogP contribution >= 0.6 is 0 Å². The van der Waals surface area contributed by atoms with Crippen LogP contribution in [0.25, 0.3) is 0 Å². The van der Waals surface area contributed by atoms with Gasteiger partial charge in [-0.2, -0.15) is 0 Å². The van der Waals surface area contributed by atoms with Crippen molar-refractivity contribution in [1.29, 1.82) is 0 Å². The average Bonchev–Trinajstić information content (AvgIpc) is 3.10. The van der Waals surface area contributed by atoms with E-state index in [9.17, 15) is 4.79 Å². The first kappa shape index (κ1) is 16.5. The lowest BCUT2D eigenvalue weighted by Gasteiger charge is -2.34. The summed E-state index contributed by atoms with van der Waals surface area (Å²) < 4.78 is 10.6. The second-order valence-electron chi connectivity index (χ2n) is 6.29. The lowest BCUT2D eigenvalue weighted by molar-refractivity contribution is -0.117. The number of amides is 1. The molecule has 8 heteroatoms. The summed E-state index contributed by atoms with van der Waals surface area (Å²) in [7, 11) is 0. The van der Waals surface area contributed by atoms with Crippen LogP contribution in [0.5, 0.6) is 11.5 Å². The molecule has 8 nitrogen and oxygen atoms in total. The number of carbonyl (C=O) groups excluding carboxylic acids is 1. The predicted octanol–water partition coefficient (Wildman–Crippen LogP) is 1.15. The van der Waals surface area contributed by atoms with Gasteiger partial charge in [0.25, 0.3) is 0 Å². The third-order valence-corrected chi connectivity index (χ3v) is 4.53. The minimum Gasteiger partial charge on any atom is -0.454 e. The SMILES string of the molecule is Nc1cc2c(cc1NC(=O)CN1CCN(c3ccccn3)CC1)OCO2. The summed E-state index contributed by atoms with van der Waals surface area (Å²) in [6.45, 7) is 3.80. The number of benzene rings is 1. The number of nitrogens with zero attached hydrogens (tertiary/aromatic N) is 3. The number of fused-ring (bicyclic) bond motifs is 1. The van der Waals surface area contributed by atoms with Crippen molar-refractivity contribution in [3.63, 3.8) is 0 Å². The standard InChI is InChI=1S/C18H21N5O3/c19-13-9-15-16(26-12-25-15)10-14(13)21-18(24)11-22-5-7-23(8-6-22)17-3-1-2-4-20-17/h1-4,9-10H,5-8,11-12,19H2,(H,21,24). The van der Waals surface area contributed by atoms with Gasteiger partial charge in [0.05, 0.1) is 17.9 Å². The molecule has 0 atom stereocenters. The number of nitrogens with one attached hydrogen (secondary N) is 1. The van der Waals surface area contributed by atoms with E-state index in [4.69, 9.17) is 15.2 Å². The number of nitrogens with two attached hydrogens (primary N) is 1. The maximum atomic E-state index is 12.4. The number of aromatic nitrogens is 1. The van der Waals surface area contributed by atoms with Crippen molar-refractivity contribution in [3.8, 4) is 11.5 Å². The molecule has 2 aliphatic heterocycles. The first-order chi connectivity index (χ1) is 12.7. The molecule has 0 saturated carbocycles. The van der Waals surface area contributed by atoms with Crippen LogP contribution < -0.4 is 25.4 Å². The smallest absolute Gasteiger partial charge is 0.238 e. The van der Waals surface area contributed by atoms with Crippen LogP contribution in [0.15, 0.2) is 36.5 Å². The lowest BCUT2D eigenvalue weighted by Crippen LogP contribution is -2.48. The van der Waals surface area contributed by atoms with Gasteiger partial charge in [0.15, 0.2) is 11.5 Å². The van der Waals surface area contributed by atoms with E-state index < -0.39 is 0 Å². The Hall–Kier alpha value is -3.00. The molecule has 0 unspecified atom stereocenters. The topological polar surface area (TPSA) is 93.0 Å². The zero-order valence-electron chi connectivity index (χ0n) is 14.4. The maximum absolute atomic E-state index is 12.4. The van der Waals surface area contributed by atoms with Crippen molar-refractivity contribution in [2.45, 2.75) is 0 Å². The Morgan fingerprint density at radius 3 is 2.65 bits per heavy atom. The maximum Gasteiger partial charge on any atom is 0.238 e. The molecular weight excluding hydrogens is 334 g/mol. The molecule has 1 fully saturated rings. The van der Waals surface area contributed by atoms with Gasteiger partial charge in [-0.15, -0.1) is 0 Å². The molecule has 2 aliphatic rings. The highest BCUT2D eigenvalue weighted by atomic mass is 16.7. The predicted molar refractivity (Wildman–Crippen MR) is 98.5 cm³/mol. The van der Waals surface area contributed by atoms with Gasteiger partial charge in [0.1, 0.15) is 5.82 Å². The summed E-state index contributed by atoms with van der Waals surface area (Å²) in [6.07, 6.45) is 1.80. The van der Waals surface area contributed by atoms with E-state index in [0.717, 1.165) is 32.0 Å². The average molecular weight is 355 g/mol. The summed E-state index contributed by atoms with van der Waals surface area (Å²) in [5.41, 5.74) is 6.99. The third-order valence-electron chi connectivity index (χ3n) is 4.53. The van der Waals surface area contributed by atoms with Crippen LogP contribution in [-0.4, -0.2) is 55.3 Å². The number of hydrogen-bond acceptors (Lipinski definition) is 7. The zero-order valence-corrected chi connectivity index (χ0v) is 14.4. The molecule has 0 aliphatic carbocycles. The van der Waals surface area contributed by atoms with Crippen molar-refractivity contribution in [1.82, 2.24) is 9.88 Å². The van der Waals surface area contributed by atoms with E-state index in [2.05, 4.69) is 20.1 Å². The molecule has 3 heterocycles. The summed E-state index contributed by atoms with van der Waals surface area (Å²) in [5, 5.41) is 2.86. The monoisotopic (exact) mass is 355 g/mol. The summed E-state index contributed by atoms with van der Waals surface area (Å²) in [4.78, 5) is 21.1. The Labute approximate surface area is 151 Å². The van der Waals surface area contributed by atoms with Crippen LogP contribution in [0.2, 0.25) is 0 Å². The fraction of sp³-hybridized carbons (Fsp3) is 0.333. The van der Waals surface area contributed by atoms with Crippen molar-refractivity contribution < 1.29 is 14.3 Å². The van der Waals surface area contributed by atoms with E-state index >= 15 is 0 Å². The molecule has 1 saturated heterocycles. The molecule has 1 aromatic heterocycles. The molecule has 0 radical (unpaired) electrons. The molecule has 0 bridgehead atoms. The zero-order chi connectivity index (χ0) is 17.9. The Balaban J connectivity index is 1.31. The molecule has 3 N–H and O–H groups in total. The molecule has 0 spiro atoms. The van der Waals surface area contributed by atoms with Crippen molar-refractivity contribution in [2.75, 3.05) is 55.5 Å². The molecular formula is C18H21N5O3. The second-order valence-corrected chi connectivity index (χ2v) is 6.29. The van der Waals surface area contributed by atoms with Gasteiger partial charge in [-0.3, -0.25) is 9.69 Å². The van der Waals surface area contributed by atoms with E-state index in [-0.39, 0.29) is 12.7 Å². The fourth-order valence-electron chi connectivity index (χ4n) is 3.13. The van der Waals surface area contributed by atoms with Gasteiger partial charge in [0, 0.05) is 44.5 Å². The number of carbonyl (C=O) groups is 1. The van der Waals surface area contributed by atoms with Gasteiger partial charge >= 0.3 is 0 Å². The van der Waals surface area contributed by atoms with Gasteiger partial charge < -0.3 is 25.4 Å². The van der Waals surface area contributed by atoms with E-state index in [0.29, 0.717) is 29.4 Å². The van der Waals surface area contributed by atoms with Crippen molar-refractivity contribution in [3.05, 3.63) is 36.5 Å². The van der Waals surface area contributed by atoms with Gasteiger partial charge in [0.2, 0.25) is 12.7 Å². The third kappa shape index (κ3) is 3.50. The van der Waals surface area contributed by atoms with Crippen LogP contribution in [-0.2, 0) is 4.79 Å². The first-order valence-corrected chi connectivity index (χ1v) is 8.56. The molecule has 1 aromatic carbocycles. The van der Waals surface area contributed by atoms with Crippen LogP contribution in [0.3, 0.4) is 0 Å². The van der Waals surface area contributed by atoms with Crippen LogP contribution in [0.4, 0.5) is 17.2 Å². The minimum atomic E-state index is -0.0955. The Kier molecular flexibility index (Phi) is 4.49. The number of ether oxygens (including phenoxy) is 2. The fourth-order valence-corrected chi connectivity index (χ4v) is 3.13. The molecule has 136 valence electrons. The van der Waals surface area contributed by atoms with Crippen LogP contribution in [0.1, 0.15) is 0 Å². The van der Waals surface area contributed by atoms with E-state index in [1.54, 1.807) is 18.3 Å². The van der Waals surface area contributed by atoms with Crippen molar-refractivity contribution in [2.24, 2.45) is 0 Å². The van der Waals surface area contributed by atoms with Gasteiger partial charge in [-0.25, -0.2) is 4.98 Å². The number of rotatable bonds is 4. The Morgan fingerprint density at radius 1 is 1.15 bits per heavy atom. The van der Waals surface area contributed by atoms with Crippen molar-refractivity contribution >= 4 is 23.1 Å². The van der Waals surface area contributed by atoms with E-state index in [1.807, 2.05) is 18.2 Å². The number of nitrogen functional groups attached to an aromatic ring is 1. The molecule has 1 amide bonds. The summed E-state index contributed by atoms with van der Waals surface area (Å²) in [5.74, 6) is 2.08.